The molecular formula is C14H21NO4. The molecule has 0 amide bonds. The van der Waals surface area contributed by atoms with Crippen molar-refractivity contribution in [2.45, 2.75) is 45.3 Å². The molecule has 0 heterocycles. The summed E-state index contributed by atoms with van der Waals surface area (Å²) >= 11 is 0. The van der Waals surface area contributed by atoms with Crippen molar-refractivity contribution < 1.29 is 14.8 Å². The van der Waals surface area contributed by atoms with Crippen molar-refractivity contribution in [2.24, 2.45) is 0 Å². The molecule has 1 N–H and O–H groups in total. The van der Waals surface area contributed by atoms with Crippen LogP contribution in [0, 0.1) is 10.1 Å². The van der Waals surface area contributed by atoms with Crippen molar-refractivity contribution in [2.75, 3.05) is 6.61 Å². The Morgan fingerprint density at radius 2 is 1.74 bits per heavy atom. The van der Waals surface area contributed by atoms with Crippen molar-refractivity contribution in [3.63, 3.8) is 0 Å². The molecule has 5 nitrogen and oxygen atoms in total. The van der Waals surface area contributed by atoms with E-state index in [2.05, 4.69) is 0 Å². The zero-order chi connectivity index (χ0) is 14.7. The summed E-state index contributed by atoms with van der Waals surface area (Å²) in [6.45, 7) is 7.69. The molecule has 1 aromatic carbocycles. The predicted octanol–water partition coefficient (Wildman–Crippen LogP) is 3.01. The molecule has 0 fully saturated rings. The minimum atomic E-state index is -0.758. The van der Waals surface area contributed by atoms with Gasteiger partial charge in [0.05, 0.1) is 22.7 Å². The molecule has 0 bridgehead atoms. The maximum absolute atomic E-state index is 10.6. The molecular weight excluding hydrogens is 246 g/mol. The van der Waals surface area contributed by atoms with Gasteiger partial charge in [0, 0.05) is 12.1 Å². The van der Waals surface area contributed by atoms with Crippen LogP contribution in [0.5, 0.6) is 0 Å². The van der Waals surface area contributed by atoms with Crippen molar-refractivity contribution in [3.8, 4) is 0 Å². The average molecular weight is 267 g/mol. The summed E-state index contributed by atoms with van der Waals surface area (Å²) in [6, 6.07) is 6.33. The lowest BCUT2D eigenvalue weighted by molar-refractivity contribution is -0.384. The van der Waals surface area contributed by atoms with Gasteiger partial charge in [0.1, 0.15) is 0 Å². The van der Waals surface area contributed by atoms with Gasteiger partial charge in [0.2, 0.25) is 0 Å². The van der Waals surface area contributed by atoms with E-state index in [0.29, 0.717) is 13.0 Å². The van der Waals surface area contributed by atoms with Gasteiger partial charge in [-0.15, -0.1) is 0 Å². The third-order valence-corrected chi connectivity index (χ3v) is 2.95. The van der Waals surface area contributed by atoms with Crippen LogP contribution in [0.1, 0.15) is 39.7 Å². The molecule has 1 rings (SSSR count). The van der Waals surface area contributed by atoms with Gasteiger partial charge in [-0.05, 0) is 51.8 Å². The number of ether oxygens (including phenoxy) is 1. The van der Waals surface area contributed by atoms with E-state index in [-0.39, 0.29) is 5.69 Å². The second-order valence-electron chi connectivity index (χ2n) is 5.73. The average Bonchev–Trinajstić information content (AvgIpc) is 2.27. The Hall–Kier alpha value is -1.46. The Morgan fingerprint density at radius 1 is 1.21 bits per heavy atom. The Morgan fingerprint density at radius 3 is 2.16 bits per heavy atom. The van der Waals surface area contributed by atoms with Crippen LogP contribution in [-0.2, 0) is 10.3 Å². The lowest BCUT2D eigenvalue weighted by Gasteiger charge is -2.27. The van der Waals surface area contributed by atoms with Crippen LogP contribution < -0.4 is 0 Å². The standard InChI is InChI=1S/C14H21NO4/c1-13(2,16)9-10-19-14(3,4)11-5-7-12(8-6-11)15(17)18/h5-8,16H,9-10H2,1-4H3. The maximum atomic E-state index is 10.6. The fourth-order valence-corrected chi connectivity index (χ4v) is 1.62. The minimum absolute atomic E-state index is 0.0658. The highest BCUT2D eigenvalue weighted by atomic mass is 16.6. The van der Waals surface area contributed by atoms with Crippen LogP contribution in [-0.4, -0.2) is 22.2 Å². The highest BCUT2D eigenvalue weighted by Gasteiger charge is 2.23. The molecule has 19 heavy (non-hydrogen) atoms. The third kappa shape index (κ3) is 4.96. The third-order valence-electron chi connectivity index (χ3n) is 2.95. The number of aliphatic hydroxyl groups is 1. The molecule has 0 saturated carbocycles. The number of rotatable bonds is 6. The summed E-state index contributed by atoms with van der Waals surface area (Å²) in [5, 5.41) is 20.2. The predicted molar refractivity (Wildman–Crippen MR) is 73.0 cm³/mol. The highest BCUT2D eigenvalue weighted by molar-refractivity contribution is 5.35. The van der Waals surface area contributed by atoms with Gasteiger partial charge in [-0.3, -0.25) is 10.1 Å². The second kappa shape index (κ2) is 5.67. The van der Waals surface area contributed by atoms with E-state index in [4.69, 9.17) is 4.74 Å². The first-order chi connectivity index (χ1) is 8.62. The van der Waals surface area contributed by atoms with Crippen LogP contribution in [0.3, 0.4) is 0 Å². The number of benzene rings is 1. The lowest BCUT2D eigenvalue weighted by Crippen LogP contribution is -2.27. The first-order valence-corrected chi connectivity index (χ1v) is 6.23. The Labute approximate surface area is 113 Å². The molecule has 5 heteroatoms. The fourth-order valence-electron chi connectivity index (χ4n) is 1.62. The Balaban J connectivity index is 2.68. The van der Waals surface area contributed by atoms with Crippen LogP contribution in [0.15, 0.2) is 24.3 Å². The molecule has 0 radical (unpaired) electrons. The van der Waals surface area contributed by atoms with Crippen molar-refractivity contribution in [1.29, 1.82) is 0 Å². The van der Waals surface area contributed by atoms with E-state index in [1.54, 1.807) is 26.0 Å². The van der Waals surface area contributed by atoms with Crippen LogP contribution in [0.25, 0.3) is 0 Å². The number of hydrogen-bond acceptors (Lipinski definition) is 4. The van der Waals surface area contributed by atoms with Crippen molar-refractivity contribution in [3.05, 3.63) is 39.9 Å². The van der Waals surface area contributed by atoms with Crippen LogP contribution in [0.2, 0.25) is 0 Å². The summed E-state index contributed by atoms with van der Waals surface area (Å²) < 4.78 is 5.76. The van der Waals surface area contributed by atoms with Crippen LogP contribution in [0.4, 0.5) is 5.69 Å². The number of hydrogen-bond donors (Lipinski definition) is 1. The van der Waals surface area contributed by atoms with E-state index >= 15 is 0 Å². The topological polar surface area (TPSA) is 72.6 Å². The van der Waals surface area contributed by atoms with E-state index < -0.39 is 16.1 Å². The molecule has 0 aromatic heterocycles. The van der Waals surface area contributed by atoms with E-state index in [1.807, 2.05) is 13.8 Å². The number of nitrogens with zero attached hydrogens (tertiary/aromatic N) is 1. The second-order valence-corrected chi connectivity index (χ2v) is 5.73. The number of nitro groups is 1. The molecule has 0 aliphatic rings. The summed E-state index contributed by atoms with van der Waals surface area (Å²) in [7, 11) is 0. The molecule has 106 valence electrons. The quantitative estimate of drug-likeness (QED) is 0.635. The Kier molecular flexibility index (Phi) is 4.66. The zero-order valence-corrected chi connectivity index (χ0v) is 11.8. The zero-order valence-electron chi connectivity index (χ0n) is 11.8. The first-order valence-electron chi connectivity index (χ1n) is 6.23. The van der Waals surface area contributed by atoms with Gasteiger partial charge >= 0.3 is 0 Å². The number of non-ortho nitro benzene ring substituents is 1. The minimum Gasteiger partial charge on any atom is -0.390 e. The van der Waals surface area contributed by atoms with Gasteiger partial charge in [-0.25, -0.2) is 0 Å². The molecule has 1 aromatic rings. The van der Waals surface area contributed by atoms with Crippen molar-refractivity contribution in [1.82, 2.24) is 0 Å². The van der Waals surface area contributed by atoms with Gasteiger partial charge in [0.25, 0.3) is 5.69 Å². The smallest absolute Gasteiger partial charge is 0.269 e. The highest BCUT2D eigenvalue weighted by Crippen LogP contribution is 2.27. The summed E-state index contributed by atoms with van der Waals surface area (Å²) in [5.74, 6) is 0. The summed E-state index contributed by atoms with van der Waals surface area (Å²) in [6.07, 6.45) is 0.531. The van der Waals surface area contributed by atoms with Crippen molar-refractivity contribution >= 4 is 5.69 Å². The van der Waals surface area contributed by atoms with Gasteiger partial charge in [0.15, 0.2) is 0 Å². The van der Waals surface area contributed by atoms with E-state index in [9.17, 15) is 15.2 Å². The Bertz CT molecular complexity index is 432. The maximum Gasteiger partial charge on any atom is 0.269 e. The first kappa shape index (κ1) is 15.6. The molecule has 0 atom stereocenters. The van der Waals surface area contributed by atoms with E-state index in [0.717, 1.165) is 5.56 Å². The normalized spacial score (nSPS) is 12.5. The van der Waals surface area contributed by atoms with Gasteiger partial charge in [-0.1, -0.05) is 0 Å². The molecule has 0 saturated heterocycles. The summed E-state index contributed by atoms with van der Waals surface area (Å²) in [4.78, 5) is 10.2. The monoisotopic (exact) mass is 267 g/mol. The largest absolute Gasteiger partial charge is 0.390 e. The fraction of sp³-hybridized carbons (Fsp3) is 0.571. The van der Waals surface area contributed by atoms with Gasteiger partial charge in [-0.2, -0.15) is 0 Å². The molecule has 0 spiro atoms. The van der Waals surface area contributed by atoms with Gasteiger partial charge < -0.3 is 9.84 Å². The molecule has 0 unspecified atom stereocenters. The lowest BCUT2D eigenvalue weighted by atomic mass is 9.97. The van der Waals surface area contributed by atoms with Crippen LogP contribution >= 0.6 is 0 Å². The summed E-state index contributed by atoms with van der Waals surface area (Å²) in [5.41, 5.74) is -0.365. The SMILES string of the molecule is CC(C)(O)CCOC(C)(C)c1ccc([N+](=O)[O-])cc1. The molecule has 0 aliphatic heterocycles. The number of nitro benzene ring substituents is 1. The molecule has 0 aliphatic carbocycles. The van der Waals surface area contributed by atoms with E-state index in [1.165, 1.54) is 12.1 Å².